The Balaban J connectivity index is 1.35. The van der Waals surface area contributed by atoms with Gasteiger partial charge in [-0.15, -0.1) is 0 Å². The van der Waals surface area contributed by atoms with E-state index in [1.807, 2.05) is 70.5 Å². The van der Waals surface area contributed by atoms with Gasteiger partial charge in [0.25, 0.3) is 5.91 Å². The highest BCUT2D eigenvalue weighted by molar-refractivity contribution is 6.30. The van der Waals surface area contributed by atoms with Gasteiger partial charge < -0.3 is 4.90 Å². The Kier molecular flexibility index (Phi) is 6.70. The van der Waals surface area contributed by atoms with Gasteiger partial charge in [0.15, 0.2) is 0 Å². The third kappa shape index (κ3) is 5.19. The molecule has 7 heteroatoms. The van der Waals surface area contributed by atoms with Crippen LogP contribution in [-0.2, 0) is 13.1 Å². The standard InChI is InChI=1S/C27H26ClN5O/c28-24-10-8-23(9-11-24)26-25(20-33(30-26)19-21-5-2-1-3-6-21)27(34)32-15-13-31(14-16-32)18-22-7-4-12-29-17-22/h1-12,17,20H,13-16,18-19H2. The highest BCUT2D eigenvalue weighted by Gasteiger charge is 2.26. The smallest absolute Gasteiger partial charge is 0.257 e. The molecule has 6 nitrogen and oxygen atoms in total. The normalized spacial score (nSPS) is 14.3. The minimum atomic E-state index is 0.0188. The van der Waals surface area contributed by atoms with Gasteiger partial charge in [0, 0.05) is 61.9 Å². The lowest BCUT2D eigenvalue weighted by Crippen LogP contribution is -2.48. The Morgan fingerprint density at radius 2 is 1.59 bits per heavy atom. The average molecular weight is 472 g/mol. The largest absolute Gasteiger partial charge is 0.336 e. The molecule has 5 rings (SSSR count). The molecule has 0 spiro atoms. The van der Waals surface area contributed by atoms with E-state index in [4.69, 9.17) is 16.7 Å². The predicted molar refractivity (Wildman–Crippen MR) is 134 cm³/mol. The van der Waals surface area contributed by atoms with E-state index < -0.39 is 0 Å². The molecule has 0 bridgehead atoms. The fraction of sp³-hybridized carbons (Fsp3) is 0.222. The molecule has 172 valence electrons. The quantitative estimate of drug-likeness (QED) is 0.412. The summed E-state index contributed by atoms with van der Waals surface area (Å²) in [6, 6.07) is 21.7. The van der Waals surface area contributed by atoms with Gasteiger partial charge in [-0.2, -0.15) is 5.10 Å². The fourth-order valence-electron chi connectivity index (χ4n) is 4.28. The first-order valence-electron chi connectivity index (χ1n) is 11.4. The summed E-state index contributed by atoms with van der Waals surface area (Å²) in [7, 11) is 0. The number of halogens is 1. The monoisotopic (exact) mass is 471 g/mol. The lowest BCUT2D eigenvalue weighted by molar-refractivity contribution is 0.0629. The zero-order chi connectivity index (χ0) is 23.3. The Hall–Kier alpha value is -3.48. The Labute approximate surface area is 204 Å². The molecule has 1 saturated heterocycles. The summed E-state index contributed by atoms with van der Waals surface area (Å²) in [6.45, 7) is 4.48. The van der Waals surface area contributed by atoms with E-state index in [1.165, 1.54) is 5.56 Å². The summed E-state index contributed by atoms with van der Waals surface area (Å²) in [4.78, 5) is 22.1. The number of pyridine rings is 1. The molecule has 0 N–H and O–H groups in total. The molecular formula is C27H26ClN5O. The van der Waals surface area contributed by atoms with Crippen molar-refractivity contribution in [3.05, 3.63) is 107 Å². The minimum absolute atomic E-state index is 0.0188. The molecule has 1 amide bonds. The number of carbonyl (C=O) groups is 1. The number of benzene rings is 2. The molecule has 1 aliphatic heterocycles. The van der Waals surface area contributed by atoms with Crippen molar-refractivity contribution in [2.75, 3.05) is 26.2 Å². The minimum Gasteiger partial charge on any atom is -0.336 e. The maximum absolute atomic E-state index is 13.6. The molecule has 0 atom stereocenters. The first kappa shape index (κ1) is 22.3. The number of hydrogen-bond donors (Lipinski definition) is 0. The van der Waals surface area contributed by atoms with Crippen LogP contribution in [0, 0.1) is 0 Å². The van der Waals surface area contributed by atoms with Crippen LogP contribution in [0.25, 0.3) is 11.3 Å². The first-order valence-corrected chi connectivity index (χ1v) is 11.8. The molecule has 3 heterocycles. The van der Waals surface area contributed by atoms with Crippen LogP contribution < -0.4 is 0 Å². The predicted octanol–water partition coefficient (Wildman–Crippen LogP) is 4.60. The first-order chi connectivity index (χ1) is 16.7. The van der Waals surface area contributed by atoms with Gasteiger partial charge in [-0.3, -0.25) is 19.4 Å². The Morgan fingerprint density at radius 1 is 0.853 bits per heavy atom. The van der Waals surface area contributed by atoms with Crippen molar-refractivity contribution in [2.45, 2.75) is 13.1 Å². The van der Waals surface area contributed by atoms with Gasteiger partial charge in [0.05, 0.1) is 12.1 Å². The summed E-state index contributed by atoms with van der Waals surface area (Å²) in [5, 5.41) is 5.46. The summed E-state index contributed by atoms with van der Waals surface area (Å²) in [5.74, 6) is 0.0188. The van der Waals surface area contributed by atoms with Crippen molar-refractivity contribution >= 4 is 17.5 Å². The Bertz CT molecular complexity index is 1230. The van der Waals surface area contributed by atoms with Crippen molar-refractivity contribution in [3.63, 3.8) is 0 Å². The molecule has 1 fully saturated rings. The molecule has 1 aliphatic rings. The zero-order valence-electron chi connectivity index (χ0n) is 18.8. The van der Waals surface area contributed by atoms with Crippen LogP contribution in [0.5, 0.6) is 0 Å². The lowest BCUT2D eigenvalue weighted by atomic mass is 10.1. The van der Waals surface area contributed by atoms with Crippen LogP contribution in [0.2, 0.25) is 5.02 Å². The molecule has 4 aromatic rings. The van der Waals surface area contributed by atoms with Crippen molar-refractivity contribution in [1.82, 2.24) is 24.6 Å². The maximum atomic E-state index is 13.6. The molecule has 0 aliphatic carbocycles. The third-order valence-corrected chi connectivity index (χ3v) is 6.34. The lowest BCUT2D eigenvalue weighted by Gasteiger charge is -2.34. The van der Waals surface area contributed by atoms with Gasteiger partial charge in [0.2, 0.25) is 0 Å². The van der Waals surface area contributed by atoms with Crippen LogP contribution in [0.3, 0.4) is 0 Å². The molecule has 0 radical (unpaired) electrons. The average Bonchev–Trinajstić information content (AvgIpc) is 3.29. The van der Waals surface area contributed by atoms with E-state index in [0.29, 0.717) is 35.9 Å². The fourth-order valence-corrected chi connectivity index (χ4v) is 4.41. The second-order valence-electron chi connectivity index (χ2n) is 8.51. The molecule has 34 heavy (non-hydrogen) atoms. The summed E-state index contributed by atoms with van der Waals surface area (Å²) in [5.41, 5.74) is 4.52. The van der Waals surface area contributed by atoms with Gasteiger partial charge in [-0.05, 0) is 29.3 Å². The number of carbonyl (C=O) groups excluding carboxylic acids is 1. The van der Waals surface area contributed by atoms with E-state index in [-0.39, 0.29) is 5.91 Å². The summed E-state index contributed by atoms with van der Waals surface area (Å²) >= 11 is 6.10. The third-order valence-electron chi connectivity index (χ3n) is 6.09. The summed E-state index contributed by atoms with van der Waals surface area (Å²) in [6.07, 6.45) is 5.56. The van der Waals surface area contributed by atoms with E-state index in [0.717, 1.165) is 30.8 Å². The summed E-state index contributed by atoms with van der Waals surface area (Å²) < 4.78 is 1.85. The van der Waals surface area contributed by atoms with Crippen LogP contribution in [0.1, 0.15) is 21.5 Å². The molecular weight excluding hydrogens is 446 g/mol. The molecule has 2 aromatic heterocycles. The topological polar surface area (TPSA) is 54.3 Å². The number of nitrogens with zero attached hydrogens (tertiary/aromatic N) is 5. The van der Waals surface area contributed by atoms with Gasteiger partial charge in [0.1, 0.15) is 5.69 Å². The second-order valence-corrected chi connectivity index (χ2v) is 8.95. The van der Waals surface area contributed by atoms with Crippen molar-refractivity contribution < 1.29 is 4.79 Å². The van der Waals surface area contributed by atoms with Crippen LogP contribution in [0.4, 0.5) is 0 Å². The van der Waals surface area contributed by atoms with Crippen molar-refractivity contribution in [3.8, 4) is 11.3 Å². The Morgan fingerprint density at radius 3 is 2.29 bits per heavy atom. The van der Waals surface area contributed by atoms with Crippen molar-refractivity contribution in [2.24, 2.45) is 0 Å². The van der Waals surface area contributed by atoms with Crippen LogP contribution in [-0.4, -0.2) is 56.7 Å². The van der Waals surface area contributed by atoms with Gasteiger partial charge >= 0.3 is 0 Å². The number of rotatable bonds is 6. The SMILES string of the molecule is O=C(c1cn(Cc2ccccc2)nc1-c1ccc(Cl)cc1)N1CCN(Cc2cccnc2)CC1. The van der Waals surface area contributed by atoms with Gasteiger partial charge in [-0.1, -0.05) is 60.1 Å². The number of piperazine rings is 1. The number of hydrogen-bond acceptors (Lipinski definition) is 4. The van der Waals surface area contributed by atoms with Crippen molar-refractivity contribution in [1.29, 1.82) is 0 Å². The molecule has 0 saturated carbocycles. The van der Waals surface area contributed by atoms with E-state index in [1.54, 1.807) is 6.20 Å². The highest BCUT2D eigenvalue weighted by Crippen LogP contribution is 2.26. The highest BCUT2D eigenvalue weighted by atomic mass is 35.5. The second kappa shape index (κ2) is 10.2. The van der Waals surface area contributed by atoms with E-state index >= 15 is 0 Å². The zero-order valence-corrected chi connectivity index (χ0v) is 19.6. The van der Waals surface area contributed by atoms with Gasteiger partial charge in [-0.25, -0.2) is 0 Å². The van der Waals surface area contributed by atoms with Crippen LogP contribution in [0.15, 0.2) is 85.3 Å². The van der Waals surface area contributed by atoms with E-state index in [2.05, 4.69) is 28.1 Å². The number of aromatic nitrogens is 3. The molecule has 0 unspecified atom stereocenters. The number of amides is 1. The van der Waals surface area contributed by atoms with E-state index in [9.17, 15) is 4.79 Å². The molecule has 2 aromatic carbocycles. The van der Waals surface area contributed by atoms with Crippen LogP contribution >= 0.6 is 11.6 Å². The maximum Gasteiger partial charge on any atom is 0.257 e.